The molecule has 6 heteroatoms. The molecule has 0 radical (unpaired) electrons. The number of furan rings is 1. The molecule has 0 spiro atoms. The van der Waals surface area contributed by atoms with Crippen LogP contribution in [0.15, 0.2) is 34.7 Å². The lowest BCUT2D eigenvalue weighted by molar-refractivity contribution is -0.385. The molecule has 1 heterocycles. The van der Waals surface area contributed by atoms with Crippen molar-refractivity contribution in [3.05, 3.63) is 46.2 Å². The van der Waals surface area contributed by atoms with Crippen molar-refractivity contribution >= 4 is 5.69 Å². The molecule has 106 valence electrons. The van der Waals surface area contributed by atoms with E-state index in [9.17, 15) is 10.1 Å². The first-order chi connectivity index (χ1) is 9.65. The van der Waals surface area contributed by atoms with Gasteiger partial charge in [-0.3, -0.25) is 10.1 Å². The number of benzene rings is 1. The van der Waals surface area contributed by atoms with Crippen LogP contribution in [0.3, 0.4) is 0 Å². The van der Waals surface area contributed by atoms with Gasteiger partial charge in [0.2, 0.25) is 0 Å². The summed E-state index contributed by atoms with van der Waals surface area (Å²) in [5, 5.41) is 14.2. The predicted octanol–water partition coefficient (Wildman–Crippen LogP) is 2.97. The number of nitro groups is 1. The minimum absolute atomic E-state index is 0.0744. The van der Waals surface area contributed by atoms with Crippen LogP contribution in [-0.2, 0) is 6.54 Å². The highest BCUT2D eigenvalue weighted by atomic mass is 16.6. The summed E-state index contributed by atoms with van der Waals surface area (Å²) >= 11 is 0. The SMILES string of the molecule is CCNCc1ccc(-c2ccc(OC)c([N+](=O)[O-])c2)o1. The molecular weight excluding hydrogens is 260 g/mol. The molecule has 2 rings (SSSR count). The molecule has 0 saturated heterocycles. The van der Waals surface area contributed by atoms with Gasteiger partial charge in [0.05, 0.1) is 18.6 Å². The van der Waals surface area contributed by atoms with Crippen LogP contribution in [0.4, 0.5) is 5.69 Å². The van der Waals surface area contributed by atoms with E-state index < -0.39 is 4.92 Å². The largest absolute Gasteiger partial charge is 0.490 e. The van der Waals surface area contributed by atoms with Gasteiger partial charge in [0.1, 0.15) is 11.5 Å². The van der Waals surface area contributed by atoms with Crippen LogP contribution in [0.2, 0.25) is 0 Å². The summed E-state index contributed by atoms with van der Waals surface area (Å²) in [5.74, 6) is 1.63. The quantitative estimate of drug-likeness (QED) is 0.648. The lowest BCUT2D eigenvalue weighted by Crippen LogP contribution is -2.10. The van der Waals surface area contributed by atoms with Gasteiger partial charge < -0.3 is 14.5 Å². The lowest BCUT2D eigenvalue weighted by Gasteiger charge is -2.03. The number of hydrogen-bond acceptors (Lipinski definition) is 5. The highest BCUT2D eigenvalue weighted by Crippen LogP contribution is 2.32. The van der Waals surface area contributed by atoms with Crippen LogP contribution >= 0.6 is 0 Å². The number of nitrogens with zero attached hydrogens (tertiary/aromatic N) is 1. The molecule has 0 unspecified atom stereocenters. The Morgan fingerprint density at radius 1 is 1.35 bits per heavy atom. The highest BCUT2D eigenvalue weighted by molar-refractivity contribution is 5.65. The summed E-state index contributed by atoms with van der Waals surface area (Å²) < 4.78 is 10.6. The molecule has 0 fully saturated rings. The monoisotopic (exact) mass is 276 g/mol. The van der Waals surface area contributed by atoms with E-state index in [0.29, 0.717) is 17.9 Å². The molecule has 1 N–H and O–H groups in total. The first kappa shape index (κ1) is 14.1. The van der Waals surface area contributed by atoms with E-state index in [1.165, 1.54) is 13.2 Å². The standard InChI is InChI=1S/C14H16N2O4/c1-3-15-9-11-5-7-13(20-11)10-4-6-14(19-2)12(8-10)16(17)18/h4-8,15H,3,9H2,1-2H3. The van der Waals surface area contributed by atoms with Gasteiger partial charge in [-0.15, -0.1) is 0 Å². The Morgan fingerprint density at radius 3 is 2.80 bits per heavy atom. The maximum atomic E-state index is 11.0. The van der Waals surface area contributed by atoms with Gasteiger partial charge in [0, 0.05) is 11.6 Å². The van der Waals surface area contributed by atoms with Crippen LogP contribution < -0.4 is 10.1 Å². The summed E-state index contributed by atoms with van der Waals surface area (Å²) in [5.41, 5.74) is 0.579. The summed E-state index contributed by atoms with van der Waals surface area (Å²) in [6.45, 7) is 3.50. The van der Waals surface area contributed by atoms with E-state index in [1.54, 1.807) is 18.2 Å². The third kappa shape index (κ3) is 2.97. The first-order valence-corrected chi connectivity index (χ1v) is 6.28. The number of nitrogens with one attached hydrogen (secondary N) is 1. The van der Waals surface area contributed by atoms with E-state index in [-0.39, 0.29) is 11.4 Å². The first-order valence-electron chi connectivity index (χ1n) is 6.28. The molecule has 1 aromatic heterocycles. The van der Waals surface area contributed by atoms with Crippen molar-refractivity contribution in [3.8, 4) is 17.1 Å². The molecule has 0 amide bonds. The highest BCUT2D eigenvalue weighted by Gasteiger charge is 2.17. The Morgan fingerprint density at radius 2 is 2.15 bits per heavy atom. The van der Waals surface area contributed by atoms with Crippen molar-refractivity contribution in [2.45, 2.75) is 13.5 Å². The van der Waals surface area contributed by atoms with E-state index in [2.05, 4.69) is 5.32 Å². The van der Waals surface area contributed by atoms with Gasteiger partial charge in [-0.05, 0) is 30.8 Å². The topological polar surface area (TPSA) is 77.5 Å². The van der Waals surface area contributed by atoms with E-state index >= 15 is 0 Å². The fraction of sp³-hybridized carbons (Fsp3) is 0.286. The summed E-state index contributed by atoms with van der Waals surface area (Å²) in [6, 6.07) is 8.42. The maximum Gasteiger partial charge on any atom is 0.311 e. The van der Waals surface area contributed by atoms with Crippen molar-refractivity contribution in [1.82, 2.24) is 5.32 Å². The Labute approximate surface area is 116 Å². The van der Waals surface area contributed by atoms with Crippen LogP contribution in [0.5, 0.6) is 5.75 Å². The smallest absolute Gasteiger partial charge is 0.311 e. The summed E-state index contributed by atoms with van der Waals surface area (Å²) in [6.07, 6.45) is 0. The van der Waals surface area contributed by atoms with Gasteiger partial charge >= 0.3 is 5.69 Å². The minimum atomic E-state index is -0.467. The Balaban J connectivity index is 2.30. The van der Waals surface area contributed by atoms with Crippen molar-refractivity contribution in [1.29, 1.82) is 0 Å². The second-order valence-corrected chi connectivity index (χ2v) is 4.19. The molecule has 1 aromatic carbocycles. The Hall–Kier alpha value is -2.34. The number of hydrogen-bond donors (Lipinski definition) is 1. The minimum Gasteiger partial charge on any atom is -0.490 e. The fourth-order valence-electron chi connectivity index (χ4n) is 1.86. The molecular formula is C14H16N2O4. The Bertz CT molecular complexity index is 607. The number of methoxy groups -OCH3 is 1. The molecule has 0 bridgehead atoms. The second kappa shape index (κ2) is 6.21. The zero-order chi connectivity index (χ0) is 14.5. The van der Waals surface area contributed by atoms with Crippen LogP contribution in [0.25, 0.3) is 11.3 Å². The number of nitro benzene ring substituents is 1. The van der Waals surface area contributed by atoms with Crippen LogP contribution in [0.1, 0.15) is 12.7 Å². The summed E-state index contributed by atoms with van der Waals surface area (Å²) in [4.78, 5) is 10.5. The van der Waals surface area contributed by atoms with E-state index in [1.807, 2.05) is 13.0 Å². The zero-order valence-corrected chi connectivity index (χ0v) is 11.4. The molecule has 0 aliphatic rings. The number of ether oxygens (including phenoxy) is 1. The van der Waals surface area contributed by atoms with Crippen molar-refractivity contribution < 1.29 is 14.1 Å². The molecule has 0 saturated carbocycles. The molecule has 0 aliphatic carbocycles. The molecule has 20 heavy (non-hydrogen) atoms. The molecule has 6 nitrogen and oxygen atoms in total. The Kier molecular flexibility index (Phi) is 4.37. The van der Waals surface area contributed by atoms with Crippen molar-refractivity contribution in [3.63, 3.8) is 0 Å². The van der Waals surface area contributed by atoms with Gasteiger partial charge in [-0.1, -0.05) is 6.92 Å². The average molecular weight is 276 g/mol. The van der Waals surface area contributed by atoms with Crippen molar-refractivity contribution in [2.24, 2.45) is 0 Å². The zero-order valence-electron chi connectivity index (χ0n) is 11.4. The second-order valence-electron chi connectivity index (χ2n) is 4.19. The molecule has 0 atom stereocenters. The third-order valence-corrected chi connectivity index (χ3v) is 2.87. The molecule has 0 aliphatic heterocycles. The average Bonchev–Trinajstić information content (AvgIpc) is 2.93. The van der Waals surface area contributed by atoms with Crippen LogP contribution in [0, 0.1) is 10.1 Å². The third-order valence-electron chi connectivity index (χ3n) is 2.87. The molecule has 2 aromatic rings. The van der Waals surface area contributed by atoms with Crippen LogP contribution in [-0.4, -0.2) is 18.6 Å². The fourth-order valence-corrected chi connectivity index (χ4v) is 1.86. The predicted molar refractivity (Wildman–Crippen MR) is 74.7 cm³/mol. The summed E-state index contributed by atoms with van der Waals surface area (Å²) in [7, 11) is 1.41. The van der Waals surface area contributed by atoms with Gasteiger partial charge in [-0.2, -0.15) is 0 Å². The van der Waals surface area contributed by atoms with Crippen molar-refractivity contribution in [2.75, 3.05) is 13.7 Å². The van der Waals surface area contributed by atoms with Gasteiger partial charge in [-0.25, -0.2) is 0 Å². The maximum absolute atomic E-state index is 11.0. The number of rotatable bonds is 6. The van der Waals surface area contributed by atoms with Gasteiger partial charge in [0.25, 0.3) is 0 Å². The normalized spacial score (nSPS) is 10.5. The lowest BCUT2D eigenvalue weighted by atomic mass is 10.1. The van der Waals surface area contributed by atoms with E-state index in [0.717, 1.165) is 12.3 Å². The van der Waals surface area contributed by atoms with Gasteiger partial charge in [0.15, 0.2) is 5.75 Å². The van der Waals surface area contributed by atoms with E-state index in [4.69, 9.17) is 9.15 Å².